The van der Waals surface area contributed by atoms with Crippen molar-refractivity contribution in [3.63, 3.8) is 0 Å². The molecular weight excluding hydrogens is 317 g/mol. The van der Waals surface area contributed by atoms with Crippen molar-refractivity contribution in [3.05, 3.63) is 65.4 Å². The summed E-state index contributed by atoms with van der Waals surface area (Å²) in [7, 11) is 1.57. The zero-order valence-electron chi connectivity index (χ0n) is 13.0. The summed E-state index contributed by atoms with van der Waals surface area (Å²) in [6.07, 6.45) is -2.58. The number of hydrogen-bond donors (Lipinski definition) is 2. The van der Waals surface area contributed by atoms with Crippen molar-refractivity contribution in [1.82, 2.24) is 4.98 Å². The first-order chi connectivity index (χ1) is 11.4. The van der Waals surface area contributed by atoms with Gasteiger partial charge in [-0.05, 0) is 35.4 Å². The molecule has 3 aromatic rings. The Kier molecular flexibility index (Phi) is 4.24. The molecule has 6 heteroatoms. The smallest absolute Gasteiger partial charge is 0.416 e. The van der Waals surface area contributed by atoms with Gasteiger partial charge in [0.2, 0.25) is 0 Å². The maximum Gasteiger partial charge on any atom is 0.416 e. The largest absolute Gasteiger partial charge is 0.497 e. The number of nitrogens with one attached hydrogen (secondary N) is 1. The fraction of sp³-hybridized carbons (Fsp3) is 0.222. The lowest BCUT2D eigenvalue weighted by Crippen LogP contribution is -2.15. The molecule has 1 heterocycles. The van der Waals surface area contributed by atoms with Crippen molar-refractivity contribution in [2.24, 2.45) is 5.73 Å². The van der Waals surface area contributed by atoms with Crippen LogP contribution in [-0.4, -0.2) is 18.6 Å². The lowest BCUT2D eigenvalue weighted by molar-refractivity contribution is -0.137. The predicted molar refractivity (Wildman–Crippen MR) is 87.2 cm³/mol. The molecule has 1 atom stereocenters. The van der Waals surface area contributed by atoms with Crippen LogP contribution >= 0.6 is 0 Å². The fourth-order valence-electron chi connectivity index (χ4n) is 2.91. The van der Waals surface area contributed by atoms with Gasteiger partial charge in [0.25, 0.3) is 0 Å². The first-order valence-corrected chi connectivity index (χ1v) is 7.46. The Morgan fingerprint density at radius 3 is 2.62 bits per heavy atom. The quantitative estimate of drug-likeness (QED) is 0.748. The van der Waals surface area contributed by atoms with Crippen molar-refractivity contribution in [2.45, 2.75) is 12.1 Å². The number of aromatic amines is 1. The van der Waals surface area contributed by atoms with Gasteiger partial charge >= 0.3 is 6.18 Å². The monoisotopic (exact) mass is 334 g/mol. The van der Waals surface area contributed by atoms with Crippen LogP contribution in [0.1, 0.15) is 22.6 Å². The van der Waals surface area contributed by atoms with Gasteiger partial charge < -0.3 is 15.5 Å². The Hall–Kier alpha value is -2.47. The van der Waals surface area contributed by atoms with E-state index in [9.17, 15) is 13.2 Å². The SMILES string of the molecule is COc1ccc2[nH]cc(C(CN)c3cccc(C(F)(F)F)c3)c2c1. The van der Waals surface area contributed by atoms with Gasteiger partial charge in [-0.2, -0.15) is 13.2 Å². The summed E-state index contributed by atoms with van der Waals surface area (Å²) < 4.78 is 44.2. The summed E-state index contributed by atoms with van der Waals surface area (Å²) in [6, 6.07) is 10.9. The van der Waals surface area contributed by atoms with E-state index in [2.05, 4.69) is 4.98 Å². The van der Waals surface area contributed by atoms with Crippen LogP contribution in [0.3, 0.4) is 0 Å². The standard InChI is InChI=1S/C18H17F3N2O/c1-24-13-5-6-17-14(8-13)16(10-23-17)15(9-22)11-3-2-4-12(7-11)18(19,20)21/h2-8,10,15,23H,9,22H2,1H3. The minimum absolute atomic E-state index is 0.200. The molecule has 3 nitrogen and oxygen atoms in total. The average molecular weight is 334 g/mol. The lowest BCUT2D eigenvalue weighted by Gasteiger charge is -2.17. The molecule has 0 amide bonds. The number of fused-ring (bicyclic) bond motifs is 1. The highest BCUT2D eigenvalue weighted by molar-refractivity contribution is 5.85. The van der Waals surface area contributed by atoms with Gasteiger partial charge in [-0.1, -0.05) is 18.2 Å². The third-order valence-corrected chi connectivity index (χ3v) is 4.15. The third-order valence-electron chi connectivity index (χ3n) is 4.15. The molecule has 3 rings (SSSR count). The third kappa shape index (κ3) is 2.97. The van der Waals surface area contributed by atoms with Crippen molar-refractivity contribution >= 4 is 10.9 Å². The maximum atomic E-state index is 13.0. The van der Waals surface area contributed by atoms with Crippen molar-refractivity contribution in [2.75, 3.05) is 13.7 Å². The Bertz CT molecular complexity index is 855. The number of benzene rings is 2. The van der Waals surface area contributed by atoms with Crippen LogP contribution in [0.4, 0.5) is 13.2 Å². The normalized spacial score (nSPS) is 13.2. The molecule has 0 aliphatic rings. The summed E-state index contributed by atoms with van der Waals surface area (Å²) in [6.45, 7) is 0.200. The summed E-state index contributed by atoms with van der Waals surface area (Å²) in [5, 5.41) is 0.891. The summed E-state index contributed by atoms with van der Waals surface area (Å²) >= 11 is 0. The first-order valence-electron chi connectivity index (χ1n) is 7.46. The zero-order valence-corrected chi connectivity index (χ0v) is 13.0. The number of hydrogen-bond acceptors (Lipinski definition) is 2. The molecule has 0 aliphatic carbocycles. The number of halogens is 3. The van der Waals surface area contributed by atoms with Crippen molar-refractivity contribution in [3.8, 4) is 5.75 Å². The van der Waals surface area contributed by atoms with Crippen molar-refractivity contribution < 1.29 is 17.9 Å². The zero-order chi connectivity index (χ0) is 17.3. The van der Waals surface area contributed by atoms with Gasteiger partial charge in [-0.3, -0.25) is 0 Å². The number of nitrogens with two attached hydrogens (primary N) is 1. The number of aromatic nitrogens is 1. The van der Waals surface area contributed by atoms with Gasteiger partial charge in [0.05, 0.1) is 12.7 Å². The molecule has 1 aromatic heterocycles. The summed E-state index contributed by atoms with van der Waals surface area (Å²) in [5.41, 5.74) is 7.50. The minimum atomic E-state index is -4.38. The number of rotatable bonds is 4. The lowest BCUT2D eigenvalue weighted by atomic mass is 9.90. The Balaban J connectivity index is 2.10. The van der Waals surface area contributed by atoms with E-state index >= 15 is 0 Å². The van der Waals surface area contributed by atoms with E-state index in [1.165, 1.54) is 6.07 Å². The van der Waals surface area contributed by atoms with Gasteiger partial charge in [-0.25, -0.2) is 0 Å². The molecule has 0 fully saturated rings. The van der Waals surface area contributed by atoms with E-state index in [4.69, 9.17) is 10.5 Å². The van der Waals surface area contributed by atoms with Gasteiger partial charge in [0, 0.05) is 29.6 Å². The molecule has 0 saturated heterocycles. The average Bonchev–Trinajstić information content (AvgIpc) is 2.98. The van der Waals surface area contributed by atoms with Gasteiger partial charge in [0.1, 0.15) is 5.75 Å². The van der Waals surface area contributed by atoms with Crippen LogP contribution in [0.25, 0.3) is 10.9 Å². The molecule has 0 radical (unpaired) electrons. The van der Waals surface area contributed by atoms with Gasteiger partial charge in [-0.15, -0.1) is 0 Å². The number of ether oxygens (including phenoxy) is 1. The molecule has 0 aliphatic heterocycles. The summed E-state index contributed by atoms with van der Waals surface area (Å²) in [5.74, 6) is 0.344. The van der Waals surface area contributed by atoms with E-state index < -0.39 is 11.7 Å². The number of H-pyrrole nitrogens is 1. The number of methoxy groups -OCH3 is 1. The van der Waals surface area contributed by atoms with Gasteiger partial charge in [0.15, 0.2) is 0 Å². The molecule has 1 unspecified atom stereocenters. The van der Waals surface area contributed by atoms with E-state index in [0.717, 1.165) is 28.6 Å². The molecule has 3 N–H and O–H groups in total. The van der Waals surface area contributed by atoms with Crippen LogP contribution < -0.4 is 10.5 Å². The first kappa shape index (κ1) is 16.4. The molecule has 24 heavy (non-hydrogen) atoms. The van der Waals surface area contributed by atoms with Crippen molar-refractivity contribution in [1.29, 1.82) is 0 Å². The molecular formula is C18H17F3N2O. The highest BCUT2D eigenvalue weighted by atomic mass is 19.4. The maximum absolute atomic E-state index is 13.0. The van der Waals surface area contributed by atoms with Crippen LogP contribution in [0.2, 0.25) is 0 Å². The molecule has 0 bridgehead atoms. The molecule has 126 valence electrons. The highest BCUT2D eigenvalue weighted by Crippen LogP contribution is 2.35. The van der Waals surface area contributed by atoms with Crippen LogP contribution in [0.15, 0.2) is 48.7 Å². The Morgan fingerprint density at radius 1 is 1.17 bits per heavy atom. The second-order valence-electron chi connectivity index (χ2n) is 5.57. The minimum Gasteiger partial charge on any atom is -0.497 e. The van der Waals surface area contributed by atoms with E-state index in [1.54, 1.807) is 19.4 Å². The molecule has 0 saturated carbocycles. The topological polar surface area (TPSA) is 51.0 Å². The predicted octanol–water partition coefficient (Wildman–Crippen LogP) is 4.29. The second-order valence-corrected chi connectivity index (χ2v) is 5.57. The van der Waals surface area contributed by atoms with Crippen LogP contribution in [0.5, 0.6) is 5.75 Å². The molecule has 0 spiro atoms. The fourth-order valence-corrected chi connectivity index (χ4v) is 2.91. The number of alkyl halides is 3. The second kappa shape index (κ2) is 6.20. The van der Waals surface area contributed by atoms with E-state index in [1.807, 2.05) is 18.2 Å². The molecule has 2 aromatic carbocycles. The Morgan fingerprint density at radius 2 is 1.96 bits per heavy atom. The van der Waals surface area contributed by atoms with E-state index in [-0.39, 0.29) is 12.5 Å². The Labute approximate surface area is 137 Å². The van der Waals surface area contributed by atoms with Crippen LogP contribution in [-0.2, 0) is 6.18 Å². The van der Waals surface area contributed by atoms with E-state index in [0.29, 0.717) is 11.3 Å². The highest BCUT2D eigenvalue weighted by Gasteiger charge is 2.31. The van der Waals surface area contributed by atoms with Crippen LogP contribution in [0, 0.1) is 0 Å². The summed E-state index contributed by atoms with van der Waals surface area (Å²) in [4.78, 5) is 3.14.